The van der Waals surface area contributed by atoms with E-state index in [1.165, 1.54) is 11.3 Å². The van der Waals surface area contributed by atoms with Crippen molar-refractivity contribution in [1.82, 2.24) is 10.6 Å². The minimum absolute atomic E-state index is 0.162. The number of hydrogen-bond acceptors (Lipinski definition) is 4. The van der Waals surface area contributed by atoms with E-state index in [2.05, 4.69) is 10.6 Å². The molecule has 2 rings (SSSR count). The lowest BCUT2D eigenvalue weighted by molar-refractivity contribution is 0.0977. The molecule has 1 aliphatic heterocycles. The lowest BCUT2D eigenvalue weighted by atomic mass is 10.2. The Labute approximate surface area is 109 Å². The number of hydrogen-bond donors (Lipinski definition) is 2. The van der Waals surface area contributed by atoms with Gasteiger partial charge < -0.3 is 10.1 Å². The summed E-state index contributed by atoms with van der Waals surface area (Å²) in [6.07, 6.45) is 2.36. The number of thiophene rings is 1. The molecule has 17 heavy (non-hydrogen) atoms. The van der Waals surface area contributed by atoms with Gasteiger partial charge in [-0.2, -0.15) is 0 Å². The van der Waals surface area contributed by atoms with E-state index in [1.807, 2.05) is 11.4 Å². The van der Waals surface area contributed by atoms with Crippen LogP contribution in [0.3, 0.4) is 0 Å². The second kappa shape index (κ2) is 6.09. The Balaban J connectivity index is 1.71. The van der Waals surface area contributed by atoms with Gasteiger partial charge in [0, 0.05) is 13.2 Å². The number of carbonyl (C=O) groups excluding carboxylic acids is 1. The van der Waals surface area contributed by atoms with E-state index in [-0.39, 0.29) is 12.0 Å². The van der Waals surface area contributed by atoms with Gasteiger partial charge in [-0.05, 0) is 36.5 Å². The molecular formula is C11H14N2O2S2. The van der Waals surface area contributed by atoms with E-state index >= 15 is 0 Å². The van der Waals surface area contributed by atoms with Crippen LogP contribution in [0.5, 0.6) is 0 Å². The maximum Gasteiger partial charge on any atom is 0.267 e. The predicted molar refractivity (Wildman–Crippen MR) is 71.4 cm³/mol. The van der Waals surface area contributed by atoms with Crippen LogP contribution in [0.2, 0.25) is 0 Å². The molecule has 1 fully saturated rings. The molecule has 4 nitrogen and oxygen atoms in total. The van der Waals surface area contributed by atoms with Gasteiger partial charge in [-0.15, -0.1) is 11.3 Å². The Morgan fingerprint density at radius 2 is 2.53 bits per heavy atom. The first-order valence-corrected chi connectivity index (χ1v) is 6.79. The van der Waals surface area contributed by atoms with Crippen LogP contribution in [0.25, 0.3) is 0 Å². The molecule has 1 aromatic rings. The highest BCUT2D eigenvalue weighted by Crippen LogP contribution is 2.10. The monoisotopic (exact) mass is 270 g/mol. The van der Waals surface area contributed by atoms with Crippen LogP contribution in [-0.4, -0.2) is 30.3 Å². The molecule has 0 unspecified atom stereocenters. The number of carbonyl (C=O) groups is 1. The maximum atomic E-state index is 11.7. The fraction of sp³-hybridized carbons (Fsp3) is 0.455. The molecule has 92 valence electrons. The molecule has 6 heteroatoms. The number of ether oxygens (including phenoxy) is 1. The third-order valence-corrected chi connectivity index (χ3v) is 3.60. The quantitative estimate of drug-likeness (QED) is 0.818. The van der Waals surface area contributed by atoms with E-state index in [4.69, 9.17) is 17.0 Å². The second-order valence-corrected chi connectivity index (χ2v) is 5.13. The van der Waals surface area contributed by atoms with Gasteiger partial charge in [-0.25, -0.2) is 0 Å². The van der Waals surface area contributed by atoms with Gasteiger partial charge >= 0.3 is 0 Å². The minimum Gasteiger partial charge on any atom is -0.376 e. The highest BCUT2D eigenvalue weighted by atomic mass is 32.1. The molecule has 1 aliphatic rings. The molecule has 0 radical (unpaired) electrons. The van der Waals surface area contributed by atoms with E-state index in [0.717, 1.165) is 19.4 Å². The van der Waals surface area contributed by atoms with Crippen molar-refractivity contribution >= 4 is 34.6 Å². The van der Waals surface area contributed by atoms with Gasteiger partial charge in [0.15, 0.2) is 5.11 Å². The minimum atomic E-state index is -0.162. The van der Waals surface area contributed by atoms with Crippen molar-refractivity contribution in [2.75, 3.05) is 13.2 Å². The molecule has 1 atom stereocenters. The highest BCUT2D eigenvalue weighted by Gasteiger charge is 2.16. The van der Waals surface area contributed by atoms with Crippen molar-refractivity contribution in [3.63, 3.8) is 0 Å². The summed E-state index contributed by atoms with van der Waals surface area (Å²) in [5.74, 6) is -0.162. The number of rotatable bonds is 3. The standard InChI is InChI=1S/C11H14N2O2S2/c14-10(9-4-2-6-17-9)13-11(16)12-7-8-3-1-5-15-8/h2,4,6,8H,1,3,5,7H2,(H2,12,13,14,16)/t8-/m1/s1. The molecule has 0 aromatic carbocycles. The molecule has 1 saturated heterocycles. The van der Waals surface area contributed by atoms with Gasteiger partial charge in [-0.3, -0.25) is 10.1 Å². The second-order valence-electron chi connectivity index (χ2n) is 3.78. The van der Waals surface area contributed by atoms with E-state index < -0.39 is 0 Å². The van der Waals surface area contributed by atoms with E-state index in [1.54, 1.807) is 6.07 Å². The van der Waals surface area contributed by atoms with Crippen LogP contribution >= 0.6 is 23.6 Å². The van der Waals surface area contributed by atoms with Crippen LogP contribution in [0.4, 0.5) is 0 Å². The third kappa shape index (κ3) is 3.76. The molecule has 2 heterocycles. The Kier molecular flexibility index (Phi) is 4.47. The van der Waals surface area contributed by atoms with E-state index in [0.29, 0.717) is 16.5 Å². The first kappa shape index (κ1) is 12.5. The van der Waals surface area contributed by atoms with Gasteiger partial charge in [0.2, 0.25) is 0 Å². The van der Waals surface area contributed by atoms with Gasteiger partial charge in [0.1, 0.15) is 0 Å². The fourth-order valence-electron chi connectivity index (χ4n) is 1.63. The molecular weight excluding hydrogens is 256 g/mol. The number of amides is 1. The van der Waals surface area contributed by atoms with Crippen molar-refractivity contribution < 1.29 is 9.53 Å². The molecule has 1 aromatic heterocycles. The Morgan fingerprint density at radius 3 is 3.18 bits per heavy atom. The molecule has 0 bridgehead atoms. The van der Waals surface area contributed by atoms with Crippen molar-refractivity contribution in [2.45, 2.75) is 18.9 Å². The Morgan fingerprint density at radius 1 is 1.65 bits per heavy atom. The smallest absolute Gasteiger partial charge is 0.267 e. The summed E-state index contributed by atoms with van der Waals surface area (Å²) in [4.78, 5) is 12.3. The number of nitrogens with one attached hydrogen (secondary N) is 2. The lowest BCUT2D eigenvalue weighted by Crippen LogP contribution is -2.42. The Hall–Kier alpha value is -0.980. The zero-order valence-corrected chi connectivity index (χ0v) is 10.9. The van der Waals surface area contributed by atoms with Gasteiger partial charge in [0.05, 0.1) is 11.0 Å². The summed E-state index contributed by atoms with van der Waals surface area (Å²) in [5, 5.41) is 7.86. The van der Waals surface area contributed by atoms with Crippen molar-refractivity contribution in [2.24, 2.45) is 0 Å². The lowest BCUT2D eigenvalue weighted by Gasteiger charge is -2.12. The zero-order chi connectivity index (χ0) is 12.1. The molecule has 0 spiro atoms. The summed E-state index contributed by atoms with van der Waals surface area (Å²) in [7, 11) is 0. The number of thiocarbonyl (C=S) groups is 1. The average Bonchev–Trinajstić information content (AvgIpc) is 2.99. The summed E-state index contributed by atoms with van der Waals surface area (Å²) in [6.45, 7) is 1.48. The molecule has 0 aliphatic carbocycles. The normalized spacial score (nSPS) is 18.9. The van der Waals surface area contributed by atoms with Crippen molar-refractivity contribution in [1.29, 1.82) is 0 Å². The van der Waals surface area contributed by atoms with Crippen molar-refractivity contribution in [3.05, 3.63) is 22.4 Å². The Bertz CT molecular complexity index is 386. The predicted octanol–water partition coefficient (Wildman–Crippen LogP) is 1.53. The fourth-order valence-corrected chi connectivity index (χ4v) is 2.42. The maximum absolute atomic E-state index is 11.7. The van der Waals surface area contributed by atoms with Crippen LogP contribution in [0.15, 0.2) is 17.5 Å². The first-order valence-electron chi connectivity index (χ1n) is 5.50. The van der Waals surface area contributed by atoms with Crippen molar-refractivity contribution in [3.8, 4) is 0 Å². The van der Waals surface area contributed by atoms with Crippen LogP contribution in [0.1, 0.15) is 22.5 Å². The molecule has 0 saturated carbocycles. The SMILES string of the molecule is O=C(NC(=S)NC[C@H]1CCCO1)c1cccs1. The van der Waals surface area contributed by atoms with Crippen LogP contribution in [-0.2, 0) is 4.74 Å². The molecule has 2 N–H and O–H groups in total. The highest BCUT2D eigenvalue weighted by molar-refractivity contribution is 7.80. The van der Waals surface area contributed by atoms with Crippen LogP contribution < -0.4 is 10.6 Å². The summed E-state index contributed by atoms with van der Waals surface area (Å²) >= 11 is 6.44. The average molecular weight is 270 g/mol. The largest absolute Gasteiger partial charge is 0.376 e. The first-order chi connectivity index (χ1) is 8.25. The third-order valence-electron chi connectivity index (χ3n) is 2.49. The summed E-state index contributed by atoms with van der Waals surface area (Å²) in [5.41, 5.74) is 0. The van der Waals surface area contributed by atoms with Crippen LogP contribution in [0, 0.1) is 0 Å². The van der Waals surface area contributed by atoms with Gasteiger partial charge in [-0.1, -0.05) is 6.07 Å². The summed E-state index contributed by atoms with van der Waals surface area (Å²) in [6, 6.07) is 3.60. The van der Waals surface area contributed by atoms with E-state index in [9.17, 15) is 4.79 Å². The summed E-state index contributed by atoms with van der Waals surface area (Å²) < 4.78 is 5.45. The van der Waals surface area contributed by atoms with Gasteiger partial charge in [0.25, 0.3) is 5.91 Å². The topological polar surface area (TPSA) is 50.4 Å². The molecule has 1 amide bonds. The zero-order valence-electron chi connectivity index (χ0n) is 9.27.